The molecule has 1 aromatic carbocycles. The Hall–Kier alpha value is -0.940. The summed E-state index contributed by atoms with van der Waals surface area (Å²) in [4.78, 5) is 0. The number of aryl methyl sites for hydroxylation is 1. The Kier molecular flexibility index (Phi) is 4.65. The summed E-state index contributed by atoms with van der Waals surface area (Å²) in [5.74, 6) is 0.369. The summed E-state index contributed by atoms with van der Waals surface area (Å²) < 4.78 is 41.2. The van der Waals surface area contributed by atoms with Crippen LogP contribution in [0.15, 0.2) is 12.1 Å². The highest BCUT2D eigenvalue weighted by Crippen LogP contribution is 2.32. The Morgan fingerprint density at radius 1 is 1.35 bits per heavy atom. The van der Waals surface area contributed by atoms with E-state index in [4.69, 9.17) is 21.4 Å². The van der Waals surface area contributed by atoms with Crippen molar-refractivity contribution in [2.75, 3.05) is 7.11 Å². The van der Waals surface area contributed by atoms with Gasteiger partial charge in [-0.05, 0) is 18.1 Å². The van der Waals surface area contributed by atoms with Gasteiger partial charge >= 0.3 is 6.18 Å². The fraction of sp³-hybridized carbons (Fsp3) is 0.455. The number of hydrogen-bond donors (Lipinski definition) is 1. The molecule has 0 aliphatic heterocycles. The van der Waals surface area contributed by atoms with E-state index in [2.05, 4.69) is 0 Å². The van der Waals surface area contributed by atoms with Gasteiger partial charge in [0, 0.05) is 12.0 Å². The molecule has 0 spiro atoms. The first-order chi connectivity index (χ1) is 7.89. The molecule has 0 atom stereocenters. The van der Waals surface area contributed by atoms with E-state index in [9.17, 15) is 13.2 Å². The minimum absolute atomic E-state index is 0.135. The number of hydrogen-bond acceptors (Lipinski definition) is 2. The molecule has 2 nitrogen and oxygen atoms in total. The lowest BCUT2D eigenvalue weighted by molar-refractivity contribution is -0.133. The van der Waals surface area contributed by atoms with Crippen molar-refractivity contribution in [3.8, 4) is 5.75 Å². The van der Waals surface area contributed by atoms with Crippen LogP contribution in [-0.4, -0.2) is 18.4 Å². The van der Waals surface area contributed by atoms with Gasteiger partial charge in [0.05, 0.1) is 18.7 Å². The third-order valence-corrected chi connectivity index (χ3v) is 2.81. The van der Waals surface area contributed by atoms with Crippen LogP contribution in [-0.2, 0) is 13.0 Å². The van der Waals surface area contributed by atoms with E-state index in [1.54, 1.807) is 0 Å². The van der Waals surface area contributed by atoms with E-state index in [1.807, 2.05) is 0 Å². The smallest absolute Gasteiger partial charge is 0.389 e. The van der Waals surface area contributed by atoms with Crippen LogP contribution in [0.4, 0.5) is 13.2 Å². The highest BCUT2D eigenvalue weighted by molar-refractivity contribution is 6.32. The van der Waals surface area contributed by atoms with Crippen molar-refractivity contribution in [2.45, 2.75) is 25.6 Å². The molecule has 17 heavy (non-hydrogen) atoms. The summed E-state index contributed by atoms with van der Waals surface area (Å²) in [7, 11) is 1.40. The van der Waals surface area contributed by atoms with Crippen LogP contribution in [0.5, 0.6) is 5.75 Å². The molecule has 0 fully saturated rings. The molecular weight excluding hydrogens is 257 g/mol. The van der Waals surface area contributed by atoms with Crippen molar-refractivity contribution in [2.24, 2.45) is 0 Å². The number of alkyl halides is 3. The number of aliphatic hydroxyl groups excluding tert-OH is 1. The quantitative estimate of drug-likeness (QED) is 0.908. The lowest BCUT2D eigenvalue weighted by Crippen LogP contribution is -2.09. The van der Waals surface area contributed by atoms with Crippen LogP contribution >= 0.6 is 11.6 Å². The molecule has 0 bridgehead atoms. The molecule has 0 aliphatic carbocycles. The van der Waals surface area contributed by atoms with E-state index in [1.165, 1.54) is 19.2 Å². The van der Waals surface area contributed by atoms with E-state index >= 15 is 0 Å². The molecule has 1 rings (SSSR count). The van der Waals surface area contributed by atoms with Gasteiger partial charge in [0.1, 0.15) is 5.75 Å². The molecule has 0 aromatic heterocycles. The molecule has 0 aliphatic rings. The minimum atomic E-state index is -4.22. The van der Waals surface area contributed by atoms with E-state index in [0.717, 1.165) is 0 Å². The molecule has 0 saturated heterocycles. The van der Waals surface area contributed by atoms with Crippen LogP contribution in [0.2, 0.25) is 5.02 Å². The van der Waals surface area contributed by atoms with Gasteiger partial charge < -0.3 is 9.84 Å². The van der Waals surface area contributed by atoms with Gasteiger partial charge in [0.15, 0.2) is 0 Å². The molecule has 0 heterocycles. The SMILES string of the molecule is COc1ccc(CCC(F)(F)F)c(Cl)c1CO. The Bertz CT molecular complexity index is 391. The number of benzene rings is 1. The third kappa shape index (κ3) is 3.78. The predicted molar refractivity (Wildman–Crippen MR) is 58.3 cm³/mol. The molecule has 96 valence electrons. The summed E-state index contributed by atoms with van der Waals surface area (Å²) in [5.41, 5.74) is 0.669. The second-order valence-corrected chi connectivity index (χ2v) is 3.87. The maximum Gasteiger partial charge on any atom is 0.389 e. The minimum Gasteiger partial charge on any atom is -0.496 e. The summed E-state index contributed by atoms with van der Waals surface area (Å²) in [6, 6.07) is 2.98. The van der Waals surface area contributed by atoms with Crippen molar-refractivity contribution in [1.29, 1.82) is 0 Å². The average Bonchev–Trinajstić information content (AvgIpc) is 2.25. The Labute approximate surface area is 102 Å². The van der Waals surface area contributed by atoms with Gasteiger partial charge in [-0.15, -0.1) is 0 Å². The van der Waals surface area contributed by atoms with Gasteiger partial charge in [-0.1, -0.05) is 17.7 Å². The number of ether oxygens (including phenoxy) is 1. The van der Waals surface area contributed by atoms with Crippen molar-refractivity contribution < 1.29 is 23.0 Å². The van der Waals surface area contributed by atoms with Gasteiger partial charge in [-0.3, -0.25) is 0 Å². The topological polar surface area (TPSA) is 29.5 Å². The zero-order valence-electron chi connectivity index (χ0n) is 9.14. The van der Waals surface area contributed by atoms with E-state index in [0.29, 0.717) is 16.9 Å². The van der Waals surface area contributed by atoms with Crippen LogP contribution in [0.3, 0.4) is 0 Å². The molecule has 1 aromatic rings. The second-order valence-electron chi connectivity index (χ2n) is 3.49. The zero-order chi connectivity index (χ0) is 13.1. The summed E-state index contributed by atoms with van der Waals surface area (Å²) >= 11 is 5.91. The van der Waals surface area contributed by atoms with Gasteiger partial charge in [0.25, 0.3) is 0 Å². The number of aliphatic hydroxyl groups is 1. The predicted octanol–water partition coefficient (Wildman–Crippen LogP) is 3.34. The fourth-order valence-corrected chi connectivity index (χ4v) is 1.77. The lowest BCUT2D eigenvalue weighted by Gasteiger charge is -2.13. The fourth-order valence-electron chi connectivity index (χ4n) is 1.46. The molecule has 0 saturated carbocycles. The average molecular weight is 269 g/mol. The van der Waals surface area contributed by atoms with Crippen molar-refractivity contribution >= 4 is 11.6 Å². The van der Waals surface area contributed by atoms with Crippen LogP contribution in [0.1, 0.15) is 17.5 Å². The van der Waals surface area contributed by atoms with Crippen molar-refractivity contribution in [3.63, 3.8) is 0 Å². The highest BCUT2D eigenvalue weighted by atomic mass is 35.5. The molecule has 0 radical (unpaired) electrons. The maximum atomic E-state index is 12.1. The Balaban J connectivity index is 2.95. The molecule has 0 amide bonds. The summed E-state index contributed by atoms with van der Waals surface area (Å²) in [6.07, 6.45) is -5.37. The Morgan fingerprint density at radius 2 is 2.00 bits per heavy atom. The first-order valence-corrected chi connectivity index (χ1v) is 5.28. The monoisotopic (exact) mass is 268 g/mol. The van der Waals surface area contributed by atoms with Crippen molar-refractivity contribution in [1.82, 2.24) is 0 Å². The van der Waals surface area contributed by atoms with Crippen LogP contribution in [0, 0.1) is 0 Å². The van der Waals surface area contributed by atoms with Gasteiger partial charge in [-0.2, -0.15) is 13.2 Å². The molecular formula is C11H12ClF3O2. The highest BCUT2D eigenvalue weighted by Gasteiger charge is 2.27. The van der Waals surface area contributed by atoms with E-state index < -0.39 is 12.6 Å². The maximum absolute atomic E-state index is 12.1. The Morgan fingerprint density at radius 3 is 2.47 bits per heavy atom. The summed E-state index contributed by atoms with van der Waals surface area (Å²) in [5, 5.41) is 9.23. The van der Waals surface area contributed by atoms with Crippen molar-refractivity contribution in [3.05, 3.63) is 28.3 Å². The normalized spacial score (nSPS) is 11.6. The van der Waals surface area contributed by atoms with E-state index in [-0.39, 0.29) is 18.1 Å². The third-order valence-electron chi connectivity index (χ3n) is 2.34. The standard InChI is InChI=1S/C11H12ClF3O2/c1-17-9-3-2-7(4-5-11(13,14)15)10(12)8(9)6-16/h2-3,16H,4-6H2,1H3. The summed E-state index contributed by atoms with van der Waals surface area (Å²) in [6.45, 7) is -0.373. The molecule has 1 N–H and O–H groups in total. The molecule has 6 heteroatoms. The first-order valence-electron chi connectivity index (χ1n) is 4.91. The number of halogens is 4. The second kappa shape index (κ2) is 5.60. The lowest BCUT2D eigenvalue weighted by atomic mass is 10.1. The largest absolute Gasteiger partial charge is 0.496 e. The van der Waals surface area contributed by atoms with Crippen LogP contribution < -0.4 is 4.74 Å². The van der Waals surface area contributed by atoms with Gasteiger partial charge in [-0.25, -0.2) is 0 Å². The van der Waals surface area contributed by atoms with Gasteiger partial charge in [0.2, 0.25) is 0 Å². The first kappa shape index (κ1) is 14.1. The molecule has 0 unspecified atom stereocenters. The van der Waals surface area contributed by atoms with Crippen LogP contribution in [0.25, 0.3) is 0 Å². The number of rotatable bonds is 4. The zero-order valence-corrected chi connectivity index (χ0v) is 9.90. The number of methoxy groups -OCH3 is 1.